The Morgan fingerprint density at radius 2 is 2.33 bits per heavy atom. The summed E-state index contributed by atoms with van der Waals surface area (Å²) in [4.78, 5) is 15.2. The van der Waals surface area contributed by atoms with E-state index in [4.69, 9.17) is 10.3 Å². The molecule has 1 aromatic rings. The van der Waals surface area contributed by atoms with Gasteiger partial charge in [0.05, 0.1) is 6.54 Å². The second-order valence-electron chi connectivity index (χ2n) is 3.25. The zero-order chi connectivity index (χ0) is 11.1. The molecule has 1 aromatic heterocycles. The molecule has 0 aliphatic heterocycles. The molecule has 0 aromatic carbocycles. The Balaban J connectivity index is 2.16. The second kappa shape index (κ2) is 6.13. The van der Waals surface area contributed by atoms with Crippen LogP contribution in [-0.2, 0) is 11.3 Å². The topological polar surface area (TPSA) is 94.0 Å². The Labute approximate surface area is 88.2 Å². The largest absolute Gasteiger partial charge is 0.349 e. The molecule has 6 heteroatoms. The van der Waals surface area contributed by atoms with E-state index in [0.717, 1.165) is 12.8 Å². The maximum absolute atomic E-state index is 11.3. The van der Waals surface area contributed by atoms with Crippen molar-refractivity contribution in [1.29, 1.82) is 0 Å². The van der Waals surface area contributed by atoms with E-state index in [-0.39, 0.29) is 5.91 Å². The predicted octanol–water partition coefficient (Wildman–Crippen LogP) is 0.123. The molecule has 6 nitrogen and oxygen atoms in total. The zero-order valence-corrected chi connectivity index (χ0v) is 8.82. The Hall–Kier alpha value is -1.43. The summed E-state index contributed by atoms with van der Waals surface area (Å²) < 4.78 is 4.77. The van der Waals surface area contributed by atoms with Crippen molar-refractivity contribution in [2.24, 2.45) is 5.73 Å². The maximum Gasteiger partial charge on any atom is 0.223 e. The van der Waals surface area contributed by atoms with E-state index in [1.54, 1.807) is 6.92 Å². The molecular weight excluding hydrogens is 196 g/mol. The van der Waals surface area contributed by atoms with Gasteiger partial charge in [-0.25, -0.2) is 0 Å². The summed E-state index contributed by atoms with van der Waals surface area (Å²) in [6.07, 6.45) is 2.18. The first-order valence-corrected chi connectivity index (χ1v) is 4.98. The molecule has 0 saturated heterocycles. The normalized spacial score (nSPS) is 10.3. The molecule has 0 saturated carbocycles. The van der Waals surface area contributed by atoms with Gasteiger partial charge in [0.1, 0.15) is 0 Å². The fourth-order valence-electron chi connectivity index (χ4n) is 1.11. The number of hydrogen-bond acceptors (Lipinski definition) is 5. The smallest absolute Gasteiger partial charge is 0.223 e. The van der Waals surface area contributed by atoms with Gasteiger partial charge in [-0.05, 0) is 19.4 Å². The number of nitrogens with zero attached hydrogens (tertiary/aromatic N) is 2. The van der Waals surface area contributed by atoms with E-state index in [1.165, 1.54) is 0 Å². The highest BCUT2D eigenvalue weighted by atomic mass is 16.5. The lowest BCUT2D eigenvalue weighted by atomic mass is 10.2. The van der Waals surface area contributed by atoms with E-state index < -0.39 is 0 Å². The summed E-state index contributed by atoms with van der Waals surface area (Å²) in [7, 11) is 0. The SMILES string of the molecule is Cc1nc(CNC(=O)CCCCN)no1. The first-order chi connectivity index (χ1) is 7.22. The minimum atomic E-state index is -0.00842. The molecule has 1 heterocycles. The van der Waals surface area contributed by atoms with Gasteiger partial charge in [0.2, 0.25) is 11.8 Å². The van der Waals surface area contributed by atoms with E-state index in [2.05, 4.69) is 15.5 Å². The minimum Gasteiger partial charge on any atom is -0.349 e. The third-order valence-electron chi connectivity index (χ3n) is 1.87. The van der Waals surface area contributed by atoms with Gasteiger partial charge in [-0.2, -0.15) is 4.98 Å². The Morgan fingerprint density at radius 3 is 2.93 bits per heavy atom. The van der Waals surface area contributed by atoms with Crippen LogP contribution in [0.2, 0.25) is 0 Å². The minimum absolute atomic E-state index is 0.00842. The lowest BCUT2D eigenvalue weighted by Gasteiger charge is -2.01. The summed E-state index contributed by atoms with van der Waals surface area (Å²) in [6.45, 7) is 2.65. The highest BCUT2D eigenvalue weighted by Crippen LogP contribution is 1.96. The van der Waals surface area contributed by atoms with Crippen LogP contribution in [0.3, 0.4) is 0 Å². The number of carbonyl (C=O) groups excluding carboxylic acids is 1. The molecule has 0 unspecified atom stereocenters. The third kappa shape index (κ3) is 4.55. The van der Waals surface area contributed by atoms with Crippen LogP contribution in [-0.4, -0.2) is 22.6 Å². The number of unbranched alkanes of at least 4 members (excludes halogenated alkanes) is 1. The van der Waals surface area contributed by atoms with Gasteiger partial charge >= 0.3 is 0 Å². The van der Waals surface area contributed by atoms with Gasteiger partial charge in [0, 0.05) is 13.3 Å². The molecule has 84 valence electrons. The van der Waals surface area contributed by atoms with Crippen molar-refractivity contribution in [3.05, 3.63) is 11.7 Å². The van der Waals surface area contributed by atoms with Gasteiger partial charge < -0.3 is 15.6 Å². The molecule has 15 heavy (non-hydrogen) atoms. The molecule has 0 aliphatic carbocycles. The van der Waals surface area contributed by atoms with Crippen LogP contribution >= 0.6 is 0 Å². The van der Waals surface area contributed by atoms with Crippen molar-refractivity contribution in [1.82, 2.24) is 15.5 Å². The van der Waals surface area contributed by atoms with E-state index in [1.807, 2.05) is 0 Å². The van der Waals surface area contributed by atoms with Gasteiger partial charge in [-0.1, -0.05) is 5.16 Å². The molecule has 0 bridgehead atoms. The van der Waals surface area contributed by atoms with Crippen molar-refractivity contribution >= 4 is 5.91 Å². The fourth-order valence-corrected chi connectivity index (χ4v) is 1.11. The number of rotatable bonds is 6. The van der Waals surface area contributed by atoms with E-state index >= 15 is 0 Å². The van der Waals surface area contributed by atoms with Crippen LogP contribution in [0, 0.1) is 6.92 Å². The number of aryl methyl sites for hydroxylation is 1. The van der Waals surface area contributed by atoms with Crippen LogP contribution in [0.25, 0.3) is 0 Å². The first-order valence-electron chi connectivity index (χ1n) is 4.98. The number of nitrogens with one attached hydrogen (secondary N) is 1. The van der Waals surface area contributed by atoms with Crippen LogP contribution in [0.1, 0.15) is 31.0 Å². The van der Waals surface area contributed by atoms with Crippen LogP contribution in [0.5, 0.6) is 0 Å². The standard InChI is InChI=1S/C9H16N4O2/c1-7-12-8(13-15-7)6-11-9(14)4-2-3-5-10/h2-6,10H2,1H3,(H,11,14). The number of carbonyl (C=O) groups is 1. The second-order valence-corrected chi connectivity index (χ2v) is 3.25. The van der Waals surface area contributed by atoms with E-state index in [0.29, 0.717) is 31.2 Å². The van der Waals surface area contributed by atoms with Crippen molar-refractivity contribution in [3.8, 4) is 0 Å². The summed E-state index contributed by atoms with van der Waals surface area (Å²) in [5.41, 5.74) is 5.32. The number of hydrogen-bond donors (Lipinski definition) is 2. The molecule has 1 amide bonds. The molecule has 0 fully saturated rings. The van der Waals surface area contributed by atoms with Gasteiger partial charge in [-0.3, -0.25) is 4.79 Å². The van der Waals surface area contributed by atoms with E-state index in [9.17, 15) is 4.79 Å². The van der Waals surface area contributed by atoms with Crippen LogP contribution in [0.15, 0.2) is 4.52 Å². The monoisotopic (exact) mass is 212 g/mol. The van der Waals surface area contributed by atoms with Gasteiger partial charge in [0.25, 0.3) is 0 Å². The lowest BCUT2D eigenvalue weighted by Crippen LogP contribution is -2.23. The Bertz CT molecular complexity index is 311. The third-order valence-corrected chi connectivity index (χ3v) is 1.87. The summed E-state index contributed by atoms with van der Waals surface area (Å²) in [5, 5.41) is 6.37. The van der Waals surface area contributed by atoms with Gasteiger partial charge in [0.15, 0.2) is 5.82 Å². The first kappa shape index (κ1) is 11.6. The highest BCUT2D eigenvalue weighted by molar-refractivity contribution is 5.75. The van der Waals surface area contributed by atoms with Crippen molar-refractivity contribution < 1.29 is 9.32 Å². The number of amides is 1. The van der Waals surface area contributed by atoms with Crippen molar-refractivity contribution in [2.45, 2.75) is 32.7 Å². The molecular formula is C9H16N4O2. The van der Waals surface area contributed by atoms with Crippen molar-refractivity contribution in [3.63, 3.8) is 0 Å². The van der Waals surface area contributed by atoms with Crippen molar-refractivity contribution in [2.75, 3.05) is 6.54 Å². The Kier molecular flexibility index (Phi) is 4.76. The summed E-state index contributed by atoms with van der Waals surface area (Å²) in [5.74, 6) is 0.993. The fraction of sp³-hybridized carbons (Fsp3) is 0.667. The molecule has 0 atom stereocenters. The van der Waals surface area contributed by atoms with Crippen LogP contribution < -0.4 is 11.1 Å². The van der Waals surface area contributed by atoms with Gasteiger partial charge in [-0.15, -0.1) is 0 Å². The maximum atomic E-state index is 11.3. The highest BCUT2D eigenvalue weighted by Gasteiger charge is 2.04. The van der Waals surface area contributed by atoms with Crippen LogP contribution in [0.4, 0.5) is 0 Å². The molecule has 0 spiro atoms. The number of nitrogens with two attached hydrogens (primary N) is 1. The zero-order valence-electron chi connectivity index (χ0n) is 8.82. The lowest BCUT2D eigenvalue weighted by molar-refractivity contribution is -0.121. The summed E-state index contributed by atoms with van der Waals surface area (Å²) >= 11 is 0. The summed E-state index contributed by atoms with van der Waals surface area (Å²) in [6, 6.07) is 0. The average Bonchev–Trinajstić information content (AvgIpc) is 2.62. The molecule has 0 radical (unpaired) electrons. The molecule has 0 aliphatic rings. The predicted molar refractivity (Wildman–Crippen MR) is 53.8 cm³/mol. The quantitative estimate of drug-likeness (QED) is 0.653. The molecule has 1 rings (SSSR count). The molecule has 3 N–H and O–H groups in total. The average molecular weight is 212 g/mol. The number of aromatic nitrogens is 2. The Morgan fingerprint density at radius 1 is 1.53 bits per heavy atom.